The quantitative estimate of drug-likeness (QED) is 0.0364. The van der Waals surface area contributed by atoms with E-state index in [2.05, 4.69) is 38.2 Å². The predicted octanol–water partition coefficient (Wildman–Crippen LogP) is 12.6. The van der Waals surface area contributed by atoms with Gasteiger partial charge in [0.2, 0.25) is 0 Å². The smallest absolute Gasteiger partial charge is 0.325 e. The summed E-state index contributed by atoms with van der Waals surface area (Å²) in [5.74, 6) is 0. The summed E-state index contributed by atoms with van der Waals surface area (Å²) in [4.78, 5) is 18.8. The Morgan fingerprint density at radius 3 is 1.14 bits per heavy atom. The molecule has 0 aliphatic heterocycles. The molecule has 0 fully saturated rings. The molecule has 0 aromatic carbocycles. The first-order valence-corrected chi connectivity index (χ1v) is 20.7. The third kappa shape index (κ3) is 34.4. The minimum absolute atomic E-state index is 0.317. The van der Waals surface area contributed by atoms with Gasteiger partial charge in [-0.2, -0.15) is 0 Å². The Hall–Kier alpha value is -0.450. The highest BCUT2D eigenvalue weighted by molar-refractivity contribution is 7.46. The van der Waals surface area contributed by atoms with Crippen molar-refractivity contribution in [1.82, 2.24) is 0 Å². The van der Waals surface area contributed by atoms with E-state index >= 15 is 0 Å². The molecule has 4 N–H and O–H groups in total. The zero-order chi connectivity index (χ0) is 32.4. The molecule has 0 aromatic heterocycles. The van der Waals surface area contributed by atoms with E-state index in [4.69, 9.17) is 10.3 Å². The monoisotopic (exact) mass is 642 g/mol. The Balaban J connectivity index is 3.80. The molecular weight excluding hydrogens is 565 g/mol. The lowest BCUT2D eigenvalue weighted by Crippen LogP contribution is -2.36. The van der Waals surface area contributed by atoms with Crippen LogP contribution in [0.2, 0.25) is 0 Å². The van der Waals surface area contributed by atoms with Crippen LogP contribution < -0.4 is 5.73 Å². The molecule has 0 saturated carbocycles. The molecule has 0 saturated heterocycles. The maximum Gasteiger partial charge on any atom is 0.469 e. The molecule has 0 bridgehead atoms. The SMILES string of the molecule is CCCCCCCCC=CCCCCCCCCC(N)C(CCCCCCCCC=CCCCCCCCC)OP(=O)(O)O. The Morgan fingerprint density at radius 1 is 0.500 bits per heavy atom. The second-order valence-corrected chi connectivity index (χ2v) is 14.4. The summed E-state index contributed by atoms with van der Waals surface area (Å²) in [6.45, 7) is 4.53. The largest absolute Gasteiger partial charge is 0.469 e. The number of rotatable bonds is 35. The van der Waals surface area contributed by atoms with Gasteiger partial charge in [-0.25, -0.2) is 4.57 Å². The van der Waals surface area contributed by atoms with Crippen LogP contribution in [-0.4, -0.2) is 21.9 Å². The van der Waals surface area contributed by atoms with Crippen molar-refractivity contribution < 1.29 is 18.9 Å². The first-order valence-electron chi connectivity index (χ1n) is 19.2. The van der Waals surface area contributed by atoms with Gasteiger partial charge in [-0.1, -0.05) is 167 Å². The first-order chi connectivity index (χ1) is 21.4. The van der Waals surface area contributed by atoms with Gasteiger partial charge in [-0.05, 0) is 64.2 Å². The standard InChI is InChI=1S/C38H76NO4P/c1-3-5-7-9-11-13-15-17-19-21-23-25-27-29-31-33-35-37(39)38(43-44(40,41)42)36-34-32-30-28-26-24-22-20-18-16-14-12-10-8-6-4-2/h17-20,37-38H,3-16,21-36,39H2,1-2H3,(H2,40,41,42). The van der Waals surface area contributed by atoms with Crippen LogP contribution in [-0.2, 0) is 9.09 Å². The fraction of sp³-hybridized carbons (Fsp3) is 0.895. The van der Waals surface area contributed by atoms with Crippen LogP contribution in [0.15, 0.2) is 24.3 Å². The molecule has 44 heavy (non-hydrogen) atoms. The molecule has 0 heterocycles. The fourth-order valence-electron chi connectivity index (χ4n) is 5.93. The van der Waals surface area contributed by atoms with Gasteiger partial charge in [0.05, 0.1) is 6.10 Å². The first kappa shape index (κ1) is 43.5. The molecule has 0 radical (unpaired) electrons. The Bertz CT molecular complexity index is 678. The van der Waals surface area contributed by atoms with E-state index in [-0.39, 0.29) is 6.04 Å². The van der Waals surface area contributed by atoms with Gasteiger partial charge >= 0.3 is 7.82 Å². The summed E-state index contributed by atoms with van der Waals surface area (Å²) in [7, 11) is -4.54. The zero-order valence-electron chi connectivity index (χ0n) is 29.4. The minimum Gasteiger partial charge on any atom is -0.325 e. The van der Waals surface area contributed by atoms with Crippen molar-refractivity contribution >= 4 is 7.82 Å². The zero-order valence-corrected chi connectivity index (χ0v) is 30.3. The lowest BCUT2D eigenvalue weighted by molar-refractivity contribution is 0.101. The summed E-state index contributed by atoms with van der Waals surface area (Å²) in [6.07, 6.45) is 45.4. The maximum atomic E-state index is 11.5. The van der Waals surface area contributed by atoms with Crippen LogP contribution in [0, 0.1) is 0 Å². The van der Waals surface area contributed by atoms with Gasteiger partial charge < -0.3 is 15.5 Å². The highest BCUT2D eigenvalue weighted by Gasteiger charge is 2.26. The van der Waals surface area contributed by atoms with Crippen LogP contribution in [0.25, 0.3) is 0 Å². The number of nitrogens with two attached hydrogens (primary N) is 1. The van der Waals surface area contributed by atoms with E-state index in [9.17, 15) is 14.4 Å². The van der Waals surface area contributed by atoms with Gasteiger partial charge in [-0.3, -0.25) is 4.52 Å². The molecule has 0 spiro atoms. The van der Waals surface area contributed by atoms with Crippen molar-refractivity contribution in [2.24, 2.45) is 5.73 Å². The lowest BCUT2D eigenvalue weighted by atomic mass is 9.98. The molecule has 262 valence electrons. The van der Waals surface area contributed by atoms with E-state index in [0.717, 1.165) is 38.5 Å². The molecule has 0 aliphatic carbocycles. The third-order valence-corrected chi connectivity index (χ3v) is 9.35. The van der Waals surface area contributed by atoms with E-state index in [1.165, 1.54) is 148 Å². The molecule has 0 aromatic rings. The second-order valence-electron chi connectivity index (χ2n) is 13.3. The molecule has 5 nitrogen and oxygen atoms in total. The fourth-order valence-corrected chi connectivity index (χ4v) is 6.54. The number of allylic oxidation sites excluding steroid dienone is 4. The molecule has 0 aliphatic rings. The average Bonchev–Trinajstić information content (AvgIpc) is 2.99. The van der Waals surface area contributed by atoms with Crippen LogP contribution in [0.1, 0.15) is 206 Å². The summed E-state index contributed by atoms with van der Waals surface area (Å²) in [5, 5.41) is 0. The Morgan fingerprint density at radius 2 is 0.795 bits per heavy atom. The van der Waals surface area contributed by atoms with Gasteiger partial charge in [0.25, 0.3) is 0 Å². The van der Waals surface area contributed by atoms with Crippen molar-refractivity contribution in [3.05, 3.63) is 24.3 Å². The lowest BCUT2D eigenvalue weighted by Gasteiger charge is -2.24. The third-order valence-electron chi connectivity index (χ3n) is 8.80. The highest BCUT2D eigenvalue weighted by Crippen LogP contribution is 2.39. The van der Waals surface area contributed by atoms with E-state index in [0.29, 0.717) is 6.42 Å². The summed E-state index contributed by atoms with van der Waals surface area (Å²) in [6, 6.07) is -0.317. The number of hydrogen-bond acceptors (Lipinski definition) is 3. The molecular formula is C38H76NO4P. The molecule has 2 unspecified atom stereocenters. The molecule has 2 atom stereocenters. The highest BCUT2D eigenvalue weighted by atomic mass is 31.2. The molecule has 0 rings (SSSR count). The number of phosphoric acid groups is 1. The van der Waals surface area contributed by atoms with E-state index in [1.54, 1.807) is 0 Å². The number of unbranched alkanes of at least 4 members (excludes halogenated alkanes) is 24. The van der Waals surface area contributed by atoms with Crippen LogP contribution in [0.3, 0.4) is 0 Å². The molecule has 6 heteroatoms. The average molecular weight is 642 g/mol. The van der Waals surface area contributed by atoms with Gasteiger partial charge in [0.15, 0.2) is 0 Å². The van der Waals surface area contributed by atoms with Gasteiger partial charge in [0, 0.05) is 6.04 Å². The van der Waals surface area contributed by atoms with E-state index < -0.39 is 13.9 Å². The van der Waals surface area contributed by atoms with Crippen molar-refractivity contribution in [3.8, 4) is 0 Å². The Labute approximate surface area is 274 Å². The van der Waals surface area contributed by atoms with Crippen molar-refractivity contribution in [1.29, 1.82) is 0 Å². The van der Waals surface area contributed by atoms with Crippen molar-refractivity contribution in [3.63, 3.8) is 0 Å². The maximum absolute atomic E-state index is 11.5. The molecule has 0 amide bonds. The van der Waals surface area contributed by atoms with Crippen LogP contribution >= 0.6 is 7.82 Å². The predicted molar refractivity (Wildman–Crippen MR) is 193 cm³/mol. The van der Waals surface area contributed by atoms with Crippen molar-refractivity contribution in [2.45, 2.75) is 219 Å². The summed E-state index contributed by atoms with van der Waals surface area (Å²) >= 11 is 0. The normalized spacial score (nSPS) is 13.8. The van der Waals surface area contributed by atoms with E-state index in [1.807, 2.05) is 0 Å². The summed E-state index contributed by atoms with van der Waals surface area (Å²) in [5.41, 5.74) is 6.37. The topological polar surface area (TPSA) is 92.8 Å². The van der Waals surface area contributed by atoms with Crippen molar-refractivity contribution in [2.75, 3.05) is 0 Å². The van der Waals surface area contributed by atoms with Crippen LogP contribution in [0.4, 0.5) is 0 Å². The number of hydrogen-bond donors (Lipinski definition) is 3. The minimum atomic E-state index is -4.54. The number of phosphoric ester groups is 1. The second kappa shape index (κ2) is 33.9. The summed E-state index contributed by atoms with van der Waals surface area (Å²) < 4.78 is 16.7. The van der Waals surface area contributed by atoms with Gasteiger partial charge in [0.1, 0.15) is 0 Å². The van der Waals surface area contributed by atoms with Crippen LogP contribution in [0.5, 0.6) is 0 Å². The Kier molecular flexibility index (Phi) is 33.6. The van der Waals surface area contributed by atoms with Gasteiger partial charge in [-0.15, -0.1) is 0 Å².